The molecule has 4 nitrogen and oxygen atoms in total. The number of nitrogens with zero attached hydrogens (tertiary/aromatic N) is 2. The van der Waals surface area contributed by atoms with Crippen LogP contribution in [0.15, 0.2) is 0 Å². The van der Waals surface area contributed by atoms with Gasteiger partial charge in [-0.3, -0.25) is 4.79 Å². The second-order valence-corrected chi connectivity index (χ2v) is 5.74. The average molecular weight is 253 g/mol. The van der Waals surface area contributed by atoms with Gasteiger partial charge in [-0.25, -0.2) is 0 Å². The van der Waals surface area contributed by atoms with E-state index in [-0.39, 0.29) is 5.91 Å². The molecule has 1 N–H and O–H groups in total. The standard InChI is InChI=1S/C14H27N3O/c1-3-16-7-4-13(11-16)10-15-14-5-8-17(9-6-14)12(2)18/h13-15H,3-11H2,1-2H3. The van der Waals surface area contributed by atoms with Crippen LogP contribution in [0.5, 0.6) is 0 Å². The molecule has 0 aliphatic carbocycles. The predicted molar refractivity (Wildman–Crippen MR) is 73.5 cm³/mol. The molecule has 0 aromatic heterocycles. The molecular weight excluding hydrogens is 226 g/mol. The molecule has 0 saturated carbocycles. The van der Waals surface area contributed by atoms with E-state index in [4.69, 9.17) is 0 Å². The molecule has 18 heavy (non-hydrogen) atoms. The number of nitrogens with one attached hydrogen (secondary N) is 1. The SMILES string of the molecule is CCN1CCC(CNC2CCN(C(C)=O)CC2)C1. The van der Waals surface area contributed by atoms with Crippen molar-refractivity contribution < 1.29 is 4.79 Å². The van der Waals surface area contributed by atoms with Crippen LogP contribution in [-0.2, 0) is 4.79 Å². The molecular formula is C14H27N3O. The second kappa shape index (κ2) is 6.53. The number of piperidine rings is 1. The number of likely N-dealkylation sites (tertiary alicyclic amines) is 2. The maximum Gasteiger partial charge on any atom is 0.219 e. The van der Waals surface area contributed by atoms with Crippen molar-refractivity contribution in [3.8, 4) is 0 Å². The molecule has 2 heterocycles. The number of carbonyl (C=O) groups is 1. The first-order valence-electron chi connectivity index (χ1n) is 7.40. The molecule has 2 rings (SSSR count). The van der Waals surface area contributed by atoms with E-state index in [1.165, 1.54) is 26.1 Å². The zero-order chi connectivity index (χ0) is 13.0. The third kappa shape index (κ3) is 3.69. The first-order valence-corrected chi connectivity index (χ1v) is 7.40. The predicted octanol–water partition coefficient (Wildman–Crippen LogP) is 0.929. The minimum absolute atomic E-state index is 0.225. The van der Waals surface area contributed by atoms with E-state index in [1.807, 2.05) is 4.90 Å². The summed E-state index contributed by atoms with van der Waals surface area (Å²) in [6.07, 6.45) is 3.57. The number of hydrogen-bond donors (Lipinski definition) is 1. The van der Waals surface area contributed by atoms with Gasteiger partial charge in [-0.05, 0) is 44.8 Å². The molecule has 2 fully saturated rings. The van der Waals surface area contributed by atoms with Crippen LogP contribution in [0.25, 0.3) is 0 Å². The summed E-state index contributed by atoms with van der Waals surface area (Å²) in [7, 11) is 0. The van der Waals surface area contributed by atoms with Crippen molar-refractivity contribution in [1.29, 1.82) is 0 Å². The Hall–Kier alpha value is -0.610. The van der Waals surface area contributed by atoms with Crippen molar-refractivity contribution in [2.45, 2.75) is 39.2 Å². The Bertz CT molecular complexity index is 274. The van der Waals surface area contributed by atoms with Gasteiger partial charge in [0.2, 0.25) is 5.91 Å². The van der Waals surface area contributed by atoms with Crippen molar-refractivity contribution in [3.05, 3.63) is 0 Å². The molecule has 0 radical (unpaired) electrons. The monoisotopic (exact) mass is 253 g/mol. The fourth-order valence-electron chi connectivity index (χ4n) is 3.10. The molecule has 1 atom stereocenters. The molecule has 0 bridgehead atoms. The number of amides is 1. The first-order chi connectivity index (χ1) is 8.69. The van der Waals surface area contributed by atoms with Crippen LogP contribution in [0, 0.1) is 5.92 Å². The Kier molecular flexibility index (Phi) is 5.01. The van der Waals surface area contributed by atoms with E-state index in [9.17, 15) is 4.79 Å². The number of rotatable bonds is 4. The van der Waals surface area contributed by atoms with E-state index in [0.29, 0.717) is 6.04 Å². The van der Waals surface area contributed by atoms with Crippen molar-refractivity contribution in [3.63, 3.8) is 0 Å². The van der Waals surface area contributed by atoms with Gasteiger partial charge in [0.25, 0.3) is 0 Å². The lowest BCUT2D eigenvalue weighted by atomic mass is 10.0. The van der Waals surface area contributed by atoms with Crippen molar-refractivity contribution in [1.82, 2.24) is 15.1 Å². The van der Waals surface area contributed by atoms with Crippen molar-refractivity contribution in [2.75, 3.05) is 39.3 Å². The van der Waals surface area contributed by atoms with Crippen LogP contribution in [0.3, 0.4) is 0 Å². The summed E-state index contributed by atoms with van der Waals surface area (Å²) in [5, 5.41) is 3.70. The quantitative estimate of drug-likeness (QED) is 0.809. The highest BCUT2D eigenvalue weighted by molar-refractivity contribution is 5.73. The fraction of sp³-hybridized carbons (Fsp3) is 0.929. The van der Waals surface area contributed by atoms with Crippen LogP contribution in [0.1, 0.15) is 33.1 Å². The summed E-state index contributed by atoms with van der Waals surface area (Å²) in [5.74, 6) is 1.05. The van der Waals surface area contributed by atoms with E-state index >= 15 is 0 Å². The molecule has 2 saturated heterocycles. The number of carbonyl (C=O) groups excluding carboxylic acids is 1. The third-order valence-electron chi connectivity index (χ3n) is 4.45. The zero-order valence-corrected chi connectivity index (χ0v) is 11.8. The third-order valence-corrected chi connectivity index (χ3v) is 4.45. The van der Waals surface area contributed by atoms with Crippen molar-refractivity contribution >= 4 is 5.91 Å². The smallest absolute Gasteiger partial charge is 0.219 e. The average Bonchev–Trinajstić information content (AvgIpc) is 2.85. The lowest BCUT2D eigenvalue weighted by Crippen LogP contribution is -2.45. The van der Waals surface area contributed by atoms with Gasteiger partial charge in [0.1, 0.15) is 0 Å². The van der Waals surface area contributed by atoms with Crippen LogP contribution in [0.4, 0.5) is 0 Å². The van der Waals surface area contributed by atoms with Gasteiger partial charge in [0.05, 0.1) is 0 Å². The lowest BCUT2D eigenvalue weighted by Gasteiger charge is -2.32. The molecule has 1 amide bonds. The molecule has 0 spiro atoms. The molecule has 2 aliphatic rings. The van der Waals surface area contributed by atoms with E-state index in [1.54, 1.807) is 6.92 Å². The van der Waals surface area contributed by atoms with E-state index in [2.05, 4.69) is 17.1 Å². The van der Waals surface area contributed by atoms with Crippen LogP contribution < -0.4 is 5.32 Å². The van der Waals surface area contributed by atoms with Crippen LogP contribution in [-0.4, -0.2) is 61.0 Å². The second-order valence-electron chi connectivity index (χ2n) is 5.74. The van der Waals surface area contributed by atoms with E-state index in [0.717, 1.165) is 38.4 Å². The largest absolute Gasteiger partial charge is 0.343 e. The van der Waals surface area contributed by atoms with Gasteiger partial charge in [-0.2, -0.15) is 0 Å². The van der Waals surface area contributed by atoms with E-state index < -0.39 is 0 Å². The van der Waals surface area contributed by atoms with Gasteiger partial charge in [-0.15, -0.1) is 0 Å². The van der Waals surface area contributed by atoms with Crippen LogP contribution in [0.2, 0.25) is 0 Å². The first kappa shape index (κ1) is 13.8. The van der Waals surface area contributed by atoms with Crippen LogP contribution >= 0.6 is 0 Å². The Labute approximate surface area is 111 Å². The minimum atomic E-state index is 0.225. The normalized spacial score (nSPS) is 26.8. The Morgan fingerprint density at radius 2 is 1.94 bits per heavy atom. The van der Waals surface area contributed by atoms with Crippen molar-refractivity contribution in [2.24, 2.45) is 5.92 Å². The van der Waals surface area contributed by atoms with Gasteiger partial charge >= 0.3 is 0 Å². The maximum atomic E-state index is 11.2. The van der Waals surface area contributed by atoms with Gasteiger partial charge in [0.15, 0.2) is 0 Å². The fourth-order valence-corrected chi connectivity index (χ4v) is 3.10. The highest BCUT2D eigenvalue weighted by Gasteiger charge is 2.24. The molecule has 0 aromatic rings. The molecule has 0 aromatic carbocycles. The topological polar surface area (TPSA) is 35.6 Å². The Morgan fingerprint density at radius 3 is 2.50 bits per heavy atom. The summed E-state index contributed by atoms with van der Waals surface area (Å²) in [6.45, 7) is 10.6. The summed E-state index contributed by atoms with van der Waals surface area (Å²) in [4.78, 5) is 15.7. The van der Waals surface area contributed by atoms with Gasteiger partial charge in [0, 0.05) is 32.6 Å². The molecule has 1 unspecified atom stereocenters. The Balaban J connectivity index is 1.62. The Morgan fingerprint density at radius 1 is 1.22 bits per heavy atom. The highest BCUT2D eigenvalue weighted by atomic mass is 16.2. The summed E-state index contributed by atoms with van der Waals surface area (Å²) in [5.41, 5.74) is 0. The summed E-state index contributed by atoms with van der Waals surface area (Å²) in [6, 6.07) is 0.622. The minimum Gasteiger partial charge on any atom is -0.343 e. The summed E-state index contributed by atoms with van der Waals surface area (Å²) < 4.78 is 0. The highest BCUT2D eigenvalue weighted by Crippen LogP contribution is 2.16. The number of hydrogen-bond acceptors (Lipinski definition) is 3. The lowest BCUT2D eigenvalue weighted by molar-refractivity contribution is -0.129. The molecule has 104 valence electrons. The zero-order valence-electron chi connectivity index (χ0n) is 11.8. The summed E-state index contributed by atoms with van der Waals surface area (Å²) >= 11 is 0. The van der Waals surface area contributed by atoms with Gasteiger partial charge in [-0.1, -0.05) is 6.92 Å². The maximum absolute atomic E-state index is 11.2. The molecule has 4 heteroatoms. The molecule has 2 aliphatic heterocycles. The van der Waals surface area contributed by atoms with Gasteiger partial charge < -0.3 is 15.1 Å².